The lowest BCUT2D eigenvalue weighted by Gasteiger charge is -2.08. The predicted octanol–water partition coefficient (Wildman–Crippen LogP) is 2.70. The van der Waals surface area contributed by atoms with Gasteiger partial charge in [0.2, 0.25) is 0 Å². The van der Waals surface area contributed by atoms with Gasteiger partial charge in [0.15, 0.2) is 0 Å². The molecule has 0 spiro atoms. The summed E-state index contributed by atoms with van der Waals surface area (Å²) in [4.78, 5) is 25.4. The first-order valence-electron chi connectivity index (χ1n) is 6.78. The Bertz CT molecular complexity index is 782. The van der Waals surface area contributed by atoms with Crippen LogP contribution in [0.4, 0.5) is 0 Å². The molecule has 0 N–H and O–H groups in total. The summed E-state index contributed by atoms with van der Waals surface area (Å²) in [6, 6.07) is 14.8. The van der Waals surface area contributed by atoms with Gasteiger partial charge < -0.3 is 0 Å². The van der Waals surface area contributed by atoms with Gasteiger partial charge in [-0.3, -0.25) is 14.5 Å². The average Bonchev–Trinajstić information content (AvgIpc) is 2.77. The molecule has 3 rings (SSSR count). The molecular weight excluding hydrogens is 262 g/mol. The normalized spacial score (nSPS) is 12.9. The average molecular weight is 275 g/mol. The van der Waals surface area contributed by atoms with Crippen LogP contribution in [0.25, 0.3) is 0 Å². The Labute approximate surface area is 123 Å². The van der Waals surface area contributed by atoms with Gasteiger partial charge in [-0.05, 0) is 37.3 Å². The minimum Gasteiger partial charge on any atom is -0.275 e. The molecule has 0 unspecified atom stereocenters. The van der Waals surface area contributed by atoms with E-state index < -0.39 is 0 Å². The first-order chi connectivity index (χ1) is 10.2. The summed E-state index contributed by atoms with van der Waals surface area (Å²) in [7, 11) is 0. The van der Waals surface area contributed by atoms with Gasteiger partial charge in [-0.15, -0.1) is 0 Å². The van der Waals surface area contributed by atoms with Crippen LogP contribution < -0.4 is 0 Å². The van der Waals surface area contributed by atoms with Gasteiger partial charge >= 0.3 is 0 Å². The minimum atomic E-state index is -0.235. The third-order valence-corrected chi connectivity index (χ3v) is 3.41. The number of amides is 2. The molecule has 0 atom stereocenters. The zero-order chi connectivity index (χ0) is 14.8. The van der Waals surface area contributed by atoms with Gasteiger partial charge in [0.05, 0.1) is 11.1 Å². The van der Waals surface area contributed by atoms with Crippen molar-refractivity contribution in [2.75, 3.05) is 6.54 Å². The summed E-state index contributed by atoms with van der Waals surface area (Å²) in [5, 5.41) is 0. The van der Waals surface area contributed by atoms with Gasteiger partial charge in [0.25, 0.3) is 11.8 Å². The van der Waals surface area contributed by atoms with Crippen molar-refractivity contribution in [1.82, 2.24) is 4.90 Å². The Morgan fingerprint density at radius 1 is 0.857 bits per heavy atom. The van der Waals surface area contributed by atoms with Crippen molar-refractivity contribution in [2.24, 2.45) is 0 Å². The maximum atomic E-state index is 12.1. The highest BCUT2D eigenvalue weighted by atomic mass is 16.2. The van der Waals surface area contributed by atoms with Crippen LogP contribution in [0.2, 0.25) is 0 Å². The molecule has 0 bridgehead atoms. The zero-order valence-electron chi connectivity index (χ0n) is 11.6. The summed E-state index contributed by atoms with van der Waals surface area (Å²) in [5.41, 5.74) is 2.56. The van der Waals surface area contributed by atoms with Gasteiger partial charge in [0.1, 0.15) is 0 Å². The highest BCUT2D eigenvalue weighted by molar-refractivity contribution is 6.21. The van der Waals surface area contributed by atoms with E-state index in [2.05, 4.69) is 11.8 Å². The fraction of sp³-hybridized carbons (Fsp3) is 0.111. The molecule has 3 nitrogen and oxygen atoms in total. The van der Waals surface area contributed by atoms with E-state index in [1.54, 1.807) is 25.1 Å². The molecule has 0 radical (unpaired) electrons. The van der Waals surface area contributed by atoms with Crippen LogP contribution in [0.15, 0.2) is 48.5 Å². The molecule has 1 heterocycles. The second-order valence-corrected chi connectivity index (χ2v) is 4.73. The zero-order valence-corrected chi connectivity index (χ0v) is 11.6. The van der Waals surface area contributed by atoms with E-state index in [1.165, 1.54) is 4.90 Å². The molecule has 0 fully saturated rings. The SMILES string of the molecule is CCN1C(=O)c2ccc(C#Cc3ccccc3)cc2C1=O. The second kappa shape index (κ2) is 5.26. The fourth-order valence-corrected chi connectivity index (χ4v) is 2.32. The van der Waals surface area contributed by atoms with Crippen LogP contribution >= 0.6 is 0 Å². The Kier molecular flexibility index (Phi) is 3.29. The third kappa shape index (κ3) is 2.32. The van der Waals surface area contributed by atoms with Gasteiger partial charge in [-0.1, -0.05) is 30.0 Å². The van der Waals surface area contributed by atoms with E-state index in [-0.39, 0.29) is 11.8 Å². The van der Waals surface area contributed by atoms with E-state index in [1.807, 2.05) is 30.3 Å². The lowest BCUT2D eigenvalue weighted by molar-refractivity contribution is 0.0663. The van der Waals surface area contributed by atoms with E-state index in [9.17, 15) is 9.59 Å². The molecule has 1 aliphatic rings. The standard InChI is InChI=1S/C18H13NO2/c1-2-19-17(20)15-11-10-14(12-16(15)18(19)21)9-8-13-6-4-3-5-7-13/h3-7,10-12H,2H2,1H3. The van der Waals surface area contributed by atoms with Crippen molar-refractivity contribution >= 4 is 11.8 Å². The number of hydrogen-bond donors (Lipinski definition) is 0. The number of rotatable bonds is 1. The van der Waals surface area contributed by atoms with Crippen molar-refractivity contribution in [3.05, 3.63) is 70.8 Å². The summed E-state index contributed by atoms with van der Waals surface area (Å²) in [6.45, 7) is 2.18. The first kappa shape index (κ1) is 13.1. The molecule has 2 amide bonds. The summed E-state index contributed by atoms with van der Waals surface area (Å²) in [6.07, 6.45) is 0. The summed E-state index contributed by atoms with van der Waals surface area (Å²) >= 11 is 0. The van der Waals surface area contributed by atoms with Crippen LogP contribution in [0.3, 0.4) is 0 Å². The van der Waals surface area contributed by atoms with Crippen LogP contribution in [0, 0.1) is 11.8 Å². The minimum absolute atomic E-state index is 0.222. The molecule has 0 aromatic heterocycles. The van der Waals surface area contributed by atoms with Gasteiger partial charge in [-0.2, -0.15) is 0 Å². The number of carbonyl (C=O) groups excluding carboxylic acids is 2. The maximum Gasteiger partial charge on any atom is 0.261 e. The second-order valence-electron chi connectivity index (χ2n) is 4.73. The largest absolute Gasteiger partial charge is 0.275 e. The summed E-state index contributed by atoms with van der Waals surface area (Å²) < 4.78 is 0. The molecular formula is C18H13NO2. The monoisotopic (exact) mass is 275 g/mol. The molecule has 2 aromatic carbocycles. The Balaban J connectivity index is 1.96. The Morgan fingerprint density at radius 3 is 2.24 bits per heavy atom. The number of fused-ring (bicyclic) bond motifs is 1. The highest BCUT2D eigenvalue weighted by Crippen LogP contribution is 2.23. The lowest BCUT2D eigenvalue weighted by Crippen LogP contribution is -2.29. The molecule has 21 heavy (non-hydrogen) atoms. The molecule has 3 heteroatoms. The van der Waals surface area contributed by atoms with Crippen molar-refractivity contribution < 1.29 is 9.59 Å². The molecule has 0 saturated carbocycles. The highest BCUT2D eigenvalue weighted by Gasteiger charge is 2.34. The molecule has 0 aliphatic carbocycles. The number of nitrogens with zero attached hydrogens (tertiary/aromatic N) is 1. The fourth-order valence-electron chi connectivity index (χ4n) is 2.32. The molecule has 0 saturated heterocycles. The van der Waals surface area contributed by atoms with Crippen LogP contribution in [-0.2, 0) is 0 Å². The Morgan fingerprint density at radius 2 is 1.52 bits per heavy atom. The van der Waals surface area contributed by atoms with Crippen molar-refractivity contribution in [3.63, 3.8) is 0 Å². The van der Waals surface area contributed by atoms with Gasteiger partial charge in [-0.25, -0.2) is 0 Å². The predicted molar refractivity (Wildman–Crippen MR) is 79.9 cm³/mol. The number of benzene rings is 2. The van der Waals surface area contributed by atoms with Gasteiger partial charge in [0, 0.05) is 17.7 Å². The van der Waals surface area contributed by atoms with E-state index in [0.29, 0.717) is 17.7 Å². The van der Waals surface area contributed by atoms with E-state index >= 15 is 0 Å². The van der Waals surface area contributed by atoms with Crippen molar-refractivity contribution in [1.29, 1.82) is 0 Å². The van der Waals surface area contributed by atoms with Crippen LogP contribution in [0.1, 0.15) is 38.8 Å². The third-order valence-electron chi connectivity index (χ3n) is 3.41. The smallest absolute Gasteiger partial charge is 0.261 e. The first-order valence-corrected chi connectivity index (χ1v) is 6.78. The molecule has 2 aromatic rings. The van der Waals surface area contributed by atoms with Crippen molar-refractivity contribution in [2.45, 2.75) is 6.92 Å². The van der Waals surface area contributed by atoms with E-state index in [4.69, 9.17) is 0 Å². The summed E-state index contributed by atoms with van der Waals surface area (Å²) in [5.74, 6) is 5.61. The number of carbonyl (C=O) groups is 2. The van der Waals surface area contributed by atoms with Crippen molar-refractivity contribution in [3.8, 4) is 11.8 Å². The number of imide groups is 1. The van der Waals surface area contributed by atoms with Crippen LogP contribution in [-0.4, -0.2) is 23.3 Å². The topological polar surface area (TPSA) is 37.4 Å². The van der Waals surface area contributed by atoms with E-state index in [0.717, 1.165) is 11.1 Å². The quantitative estimate of drug-likeness (QED) is 0.593. The Hall–Kier alpha value is -2.86. The molecule has 1 aliphatic heterocycles. The van der Waals surface area contributed by atoms with Crippen LogP contribution in [0.5, 0.6) is 0 Å². The number of hydrogen-bond acceptors (Lipinski definition) is 2. The molecule has 102 valence electrons. The maximum absolute atomic E-state index is 12.1. The lowest BCUT2D eigenvalue weighted by atomic mass is 10.1.